The first-order valence-corrected chi connectivity index (χ1v) is 7.67. The number of halogens is 2. The molecule has 1 aliphatic rings. The zero-order valence-corrected chi connectivity index (χ0v) is 14.0. The van der Waals surface area contributed by atoms with Crippen LogP contribution in [0.15, 0.2) is 28.8 Å². The number of benzene rings is 1. The highest BCUT2D eigenvalue weighted by atomic mass is 35.5. The molecular formula is C15H18Cl2N4O2. The number of aromatic nitrogens is 2. The second-order valence-electron chi connectivity index (χ2n) is 5.28. The van der Waals surface area contributed by atoms with Crippen LogP contribution < -0.4 is 10.6 Å². The number of hydrogen-bond donors (Lipinski definition) is 2. The second kappa shape index (κ2) is 8.29. The molecule has 1 atom stereocenters. The highest BCUT2D eigenvalue weighted by Gasteiger charge is 2.21. The predicted molar refractivity (Wildman–Crippen MR) is 89.4 cm³/mol. The average Bonchev–Trinajstić information content (AvgIpc) is 3.02. The summed E-state index contributed by atoms with van der Waals surface area (Å²) in [5.41, 5.74) is 0.783. The molecule has 1 aliphatic heterocycles. The first-order chi connectivity index (χ1) is 10.7. The summed E-state index contributed by atoms with van der Waals surface area (Å²) in [6.07, 6.45) is 1.94. The lowest BCUT2D eigenvalue weighted by atomic mass is 9.99. The van der Waals surface area contributed by atoms with E-state index in [9.17, 15) is 4.79 Å². The molecule has 2 N–H and O–H groups in total. The number of amides is 1. The third kappa shape index (κ3) is 4.67. The summed E-state index contributed by atoms with van der Waals surface area (Å²) in [7, 11) is 0. The monoisotopic (exact) mass is 356 g/mol. The number of nitrogens with zero attached hydrogens (tertiary/aromatic N) is 2. The Kier molecular flexibility index (Phi) is 6.38. The Balaban J connectivity index is 0.00000192. The summed E-state index contributed by atoms with van der Waals surface area (Å²) in [6.45, 7) is 1.95. The molecule has 6 nitrogen and oxygen atoms in total. The van der Waals surface area contributed by atoms with Gasteiger partial charge in [0, 0.05) is 17.1 Å². The van der Waals surface area contributed by atoms with E-state index < -0.39 is 0 Å². The van der Waals surface area contributed by atoms with Crippen molar-refractivity contribution >= 4 is 29.9 Å². The van der Waals surface area contributed by atoms with Crippen LogP contribution in [-0.4, -0.2) is 29.1 Å². The summed E-state index contributed by atoms with van der Waals surface area (Å²) in [5, 5.41) is 10.6. The zero-order chi connectivity index (χ0) is 15.4. The zero-order valence-electron chi connectivity index (χ0n) is 12.4. The van der Waals surface area contributed by atoms with Crippen LogP contribution >= 0.6 is 24.0 Å². The van der Waals surface area contributed by atoms with Crippen LogP contribution in [0.3, 0.4) is 0 Å². The fourth-order valence-corrected chi connectivity index (χ4v) is 2.64. The summed E-state index contributed by atoms with van der Waals surface area (Å²) < 4.78 is 5.16. The molecule has 0 saturated carbocycles. The molecular weight excluding hydrogens is 339 g/mol. The number of rotatable bonds is 4. The van der Waals surface area contributed by atoms with Crippen LogP contribution in [0.1, 0.15) is 18.7 Å². The molecule has 1 amide bonds. The van der Waals surface area contributed by atoms with E-state index in [4.69, 9.17) is 16.1 Å². The molecule has 1 saturated heterocycles. The van der Waals surface area contributed by atoms with Crippen molar-refractivity contribution in [1.29, 1.82) is 0 Å². The fourth-order valence-electron chi connectivity index (χ4n) is 2.45. The molecule has 0 spiro atoms. The van der Waals surface area contributed by atoms with E-state index in [-0.39, 0.29) is 30.8 Å². The lowest BCUT2D eigenvalue weighted by Crippen LogP contribution is -2.40. The number of carbonyl (C=O) groups excluding carboxylic acids is 1. The normalized spacial score (nSPS) is 17.3. The smallest absolute Gasteiger partial charge is 0.246 e. The molecule has 1 fully saturated rings. The van der Waals surface area contributed by atoms with Crippen molar-refractivity contribution in [3.63, 3.8) is 0 Å². The molecule has 2 heterocycles. The van der Waals surface area contributed by atoms with E-state index in [0.717, 1.165) is 31.5 Å². The standard InChI is InChI=1S/C15H17ClN4O2.ClH/c16-12-5-1-3-10(7-12)14-19-13(22-20-14)9-18-15(21)11-4-2-6-17-8-11;/h1,3,5,7,11,17H,2,4,6,8-9H2,(H,18,21);1H. The largest absolute Gasteiger partial charge is 0.347 e. The van der Waals surface area contributed by atoms with Crippen LogP contribution in [-0.2, 0) is 11.3 Å². The van der Waals surface area contributed by atoms with Crippen molar-refractivity contribution in [3.05, 3.63) is 35.2 Å². The molecule has 0 bridgehead atoms. The minimum atomic E-state index is 0. The lowest BCUT2D eigenvalue weighted by molar-refractivity contribution is -0.125. The molecule has 0 radical (unpaired) electrons. The predicted octanol–water partition coefficient (Wildman–Crippen LogP) is 2.43. The highest BCUT2D eigenvalue weighted by Crippen LogP contribution is 2.20. The van der Waals surface area contributed by atoms with E-state index >= 15 is 0 Å². The Morgan fingerprint density at radius 3 is 3.09 bits per heavy atom. The van der Waals surface area contributed by atoms with Crippen LogP contribution in [0.4, 0.5) is 0 Å². The summed E-state index contributed by atoms with van der Waals surface area (Å²) >= 11 is 5.94. The Hall–Kier alpha value is -1.63. The Bertz CT molecular complexity index is 656. The molecule has 2 aromatic rings. The van der Waals surface area contributed by atoms with Gasteiger partial charge in [-0.25, -0.2) is 0 Å². The van der Waals surface area contributed by atoms with Crippen molar-refractivity contribution in [2.24, 2.45) is 5.92 Å². The van der Waals surface area contributed by atoms with Gasteiger partial charge in [0.1, 0.15) is 0 Å². The maximum atomic E-state index is 12.0. The first kappa shape index (κ1) is 17.7. The van der Waals surface area contributed by atoms with Crippen LogP contribution in [0.5, 0.6) is 0 Å². The van der Waals surface area contributed by atoms with Gasteiger partial charge in [0.2, 0.25) is 17.6 Å². The maximum absolute atomic E-state index is 12.0. The number of piperidine rings is 1. The summed E-state index contributed by atoms with van der Waals surface area (Å²) in [6, 6.07) is 7.23. The number of nitrogens with one attached hydrogen (secondary N) is 2. The van der Waals surface area contributed by atoms with Crippen LogP contribution in [0.2, 0.25) is 5.02 Å². The Labute approximate surface area is 145 Å². The van der Waals surface area contributed by atoms with E-state index in [1.807, 2.05) is 12.1 Å². The van der Waals surface area contributed by atoms with Gasteiger partial charge in [-0.3, -0.25) is 4.79 Å². The Morgan fingerprint density at radius 1 is 1.48 bits per heavy atom. The third-order valence-electron chi connectivity index (χ3n) is 3.63. The first-order valence-electron chi connectivity index (χ1n) is 7.29. The van der Waals surface area contributed by atoms with E-state index in [1.165, 1.54) is 0 Å². The molecule has 124 valence electrons. The molecule has 1 aromatic heterocycles. The highest BCUT2D eigenvalue weighted by molar-refractivity contribution is 6.30. The maximum Gasteiger partial charge on any atom is 0.246 e. The minimum absolute atomic E-state index is 0. The SMILES string of the molecule is Cl.O=C(NCc1nc(-c2cccc(Cl)c2)no1)C1CCCNC1. The second-order valence-corrected chi connectivity index (χ2v) is 5.72. The summed E-state index contributed by atoms with van der Waals surface area (Å²) in [4.78, 5) is 16.3. The van der Waals surface area contributed by atoms with E-state index in [2.05, 4.69) is 20.8 Å². The van der Waals surface area contributed by atoms with Gasteiger partial charge in [0.05, 0.1) is 12.5 Å². The summed E-state index contributed by atoms with van der Waals surface area (Å²) in [5.74, 6) is 0.886. The van der Waals surface area contributed by atoms with Gasteiger partial charge < -0.3 is 15.2 Å². The quantitative estimate of drug-likeness (QED) is 0.879. The van der Waals surface area contributed by atoms with Crippen molar-refractivity contribution in [3.8, 4) is 11.4 Å². The molecule has 1 aromatic carbocycles. The van der Waals surface area contributed by atoms with Gasteiger partial charge in [-0.1, -0.05) is 28.9 Å². The van der Waals surface area contributed by atoms with Gasteiger partial charge in [-0.2, -0.15) is 4.98 Å². The lowest BCUT2D eigenvalue weighted by Gasteiger charge is -2.21. The van der Waals surface area contributed by atoms with Crippen LogP contribution in [0.25, 0.3) is 11.4 Å². The van der Waals surface area contributed by atoms with Gasteiger partial charge in [0.25, 0.3) is 0 Å². The van der Waals surface area contributed by atoms with Gasteiger partial charge in [-0.15, -0.1) is 12.4 Å². The van der Waals surface area contributed by atoms with Crippen molar-refractivity contribution in [2.75, 3.05) is 13.1 Å². The molecule has 23 heavy (non-hydrogen) atoms. The Morgan fingerprint density at radius 2 is 2.35 bits per heavy atom. The molecule has 3 rings (SSSR count). The number of hydrogen-bond acceptors (Lipinski definition) is 5. The minimum Gasteiger partial charge on any atom is -0.347 e. The molecule has 1 unspecified atom stereocenters. The molecule has 0 aliphatic carbocycles. The topological polar surface area (TPSA) is 80.1 Å². The molecule has 8 heteroatoms. The van der Waals surface area contributed by atoms with Crippen molar-refractivity contribution < 1.29 is 9.32 Å². The van der Waals surface area contributed by atoms with Gasteiger partial charge >= 0.3 is 0 Å². The van der Waals surface area contributed by atoms with Gasteiger partial charge in [-0.05, 0) is 31.5 Å². The van der Waals surface area contributed by atoms with Gasteiger partial charge in [0.15, 0.2) is 0 Å². The fraction of sp³-hybridized carbons (Fsp3) is 0.400. The third-order valence-corrected chi connectivity index (χ3v) is 3.87. The average molecular weight is 357 g/mol. The van der Waals surface area contributed by atoms with Crippen molar-refractivity contribution in [2.45, 2.75) is 19.4 Å². The number of carbonyl (C=O) groups is 1. The van der Waals surface area contributed by atoms with Crippen molar-refractivity contribution in [1.82, 2.24) is 20.8 Å². The van der Waals surface area contributed by atoms with Crippen LogP contribution in [0, 0.1) is 5.92 Å². The van der Waals surface area contributed by atoms with E-state index in [1.54, 1.807) is 12.1 Å². The van der Waals surface area contributed by atoms with E-state index in [0.29, 0.717) is 16.7 Å².